The van der Waals surface area contributed by atoms with Crippen molar-refractivity contribution < 1.29 is 22.8 Å². The van der Waals surface area contributed by atoms with Gasteiger partial charge in [-0.05, 0) is 37.1 Å². The van der Waals surface area contributed by atoms with E-state index in [1.54, 1.807) is 13.8 Å². The van der Waals surface area contributed by atoms with Crippen LogP contribution in [-0.4, -0.2) is 55.0 Å². The third kappa shape index (κ3) is 4.11. The summed E-state index contributed by atoms with van der Waals surface area (Å²) in [5.41, 5.74) is 0.395. The van der Waals surface area contributed by atoms with Gasteiger partial charge in [-0.15, -0.1) is 0 Å². The van der Waals surface area contributed by atoms with E-state index in [0.29, 0.717) is 31.6 Å². The summed E-state index contributed by atoms with van der Waals surface area (Å²) in [5.74, 6) is -1.85. The second-order valence-electron chi connectivity index (χ2n) is 7.08. The predicted octanol–water partition coefficient (Wildman–Crippen LogP) is 1.61. The number of carbonyl (C=O) groups is 3. The van der Waals surface area contributed by atoms with E-state index in [0.717, 1.165) is 4.90 Å². The molecule has 2 atom stereocenters. The molecule has 0 spiro atoms. The van der Waals surface area contributed by atoms with Gasteiger partial charge in [-0.3, -0.25) is 19.3 Å². The molecule has 0 saturated carbocycles. The van der Waals surface area contributed by atoms with E-state index < -0.39 is 15.9 Å². The fourth-order valence-electron chi connectivity index (χ4n) is 3.79. The summed E-state index contributed by atoms with van der Waals surface area (Å²) in [6.45, 7) is 3.93. The Morgan fingerprint density at radius 2 is 1.55 bits per heavy atom. The number of nitrogens with zero attached hydrogens (tertiary/aromatic N) is 2. The zero-order valence-electron chi connectivity index (χ0n) is 16.5. The summed E-state index contributed by atoms with van der Waals surface area (Å²) < 4.78 is 26.4. The van der Waals surface area contributed by atoms with Gasteiger partial charge in [0.15, 0.2) is 0 Å². The summed E-state index contributed by atoms with van der Waals surface area (Å²) in [6, 6.07) is 5.84. The van der Waals surface area contributed by atoms with Gasteiger partial charge < -0.3 is 5.32 Å². The number of hydrogen-bond acceptors (Lipinski definition) is 5. The van der Waals surface area contributed by atoms with Crippen LogP contribution >= 0.6 is 0 Å². The zero-order chi connectivity index (χ0) is 21.2. The fourth-order valence-corrected chi connectivity index (χ4v) is 5.25. The molecule has 1 aliphatic carbocycles. The van der Waals surface area contributed by atoms with Crippen LogP contribution in [0.25, 0.3) is 0 Å². The highest BCUT2D eigenvalue weighted by Gasteiger charge is 2.47. The Morgan fingerprint density at radius 1 is 1.03 bits per heavy atom. The van der Waals surface area contributed by atoms with Crippen LogP contribution in [0.15, 0.2) is 41.3 Å². The molecule has 1 heterocycles. The van der Waals surface area contributed by atoms with Crippen molar-refractivity contribution in [1.82, 2.24) is 9.21 Å². The smallest absolute Gasteiger partial charge is 0.244 e. The maximum Gasteiger partial charge on any atom is 0.244 e. The first kappa shape index (κ1) is 21.2. The molecule has 0 unspecified atom stereocenters. The van der Waals surface area contributed by atoms with Gasteiger partial charge in [0, 0.05) is 18.8 Å². The Balaban J connectivity index is 1.64. The highest BCUT2D eigenvalue weighted by Crippen LogP contribution is 2.34. The van der Waals surface area contributed by atoms with Crippen molar-refractivity contribution in [2.45, 2.75) is 31.6 Å². The van der Waals surface area contributed by atoms with Crippen LogP contribution in [0.4, 0.5) is 5.69 Å². The van der Waals surface area contributed by atoms with E-state index in [9.17, 15) is 22.8 Å². The van der Waals surface area contributed by atoms with Crippen LogP contribution in [0.2, 0.25) is 0 Å². The van der Waals surface area contributed by atoms with Crippen LogP contribution in [0.1, 0.15) is 26.7 Å². The zero-order valence-corrected chi connectivity index (χ0v) is 17.3. The topological polar surface area (TPSA) is 104 Å². The Hall–Kier alpha value is -2.52. The Labute approximate surface area is 170 Å². The van der Waals surface area contributed by atoms with Crippen molar-refractivity contribution in [2.24, 2.45) is 11.8 Å². The van der Waals surface area contributed by atoms with E-state index in [2.05, 4.69) is 5.32 Å². The molecule has 1 aliphatic heterocycles. The van der Waals surface area contributed by atoms with E-state index in [1.807, 2.05) is 12.2 Å². The number of rotatable bonds is 7. The van der Waals surface area contributed by atoms with Crippen molar-refractivity contribution in [3.8, 4) is 0 Å². The molecule has 2 aliphatic rings. The quantitative estimate of drug-likeness (QED) is 0.534. The van der Waals surface area contributed by atoms with E-state index in [-0.39, 0.29) is 35.1 Å². The molecule has 156 valence electrons. The summed E-state index contributed by atoms with van der Waals surface area (Å²) in [7, 11) is -3.57. The lowest BCUT2D eigenvalue weighted by Crippen LogP contribution is -2.38. The first-order chi connectivity index (χ1) is 13.8. The molecule has 3 amide bonds. The van der Waals surface area contributed by atoms with Crippen molar-refractivity contribution in [3.63, 3.8) is 0 Å². The van der Waals surface area contributed by atoms with Crippen LogP contribution in [-0.2, 0) is 24.4 Å². The summed E-state index contributed by atoms with van der Waals surface area (Å²) in [4.78, 5) is 38.4. The summed E-state index contributed by atoms with van der Waals surface area (Å²) in [6.07, 6.45) is 4.83. The molecule has 1 aromatic carbocycles. The maximum absolute atomic E-state index is 12.5. The standard InChI is InChI=1S/C20H25N3O5S/c1-3-22(4-2)29(27,28)15-11-9-14(10-12-15)21-18(24)13-23-19(25)16-7-5-6-8-17(16)20(23)26/h5-6,9-12,16-17H,3-4,7-8,13H2,1-2H3,(H,21,24)/t16-,17-/m1/s1. The number of fused-ring (bicyclic) bond motifs is 1. The van der Waals surface area contributed by atoms with Crippen molar-refractivity contribution in [2.75, 3.05) is 25.0 Å². The minimum absolute atomic E-state index is 0.140. The van der Waals surface area contributed by atoms with Gasteiger partial charge in [0.25, 0.3) is 0 Å². The second-order valence-corrected chi connectivity index (χ2v) is 9.02. The predicted molar refractivity (Wildman–Crippen MR) is 107 cm³/mol. The number of carbonyl (C=O) groups excluding carboxylic acids is 3. The number of likely N-dealkylation sites (tertiary alicyclic amines) is 1. The van der Waals surface area contributed by atoms with Crippen molar-refractivity contribution in [1.29, 1.82) is 0 Å². The molecule has 9 heteroatoms. The molecule has 0 aromatic heterocycles. The van der Waals surface area contributed by atoms with Gasteiger partial charge in [0.1, 0.15) is 6.54 Å². The van der Waals surface area contributed by atoms with Crippen LogP contribution in [0.3, 0.4) is 0 Å². The number of hydrogen-bond donors (Lipinski definition) is 1. The molecule has 29 heavy (non-hydrogen) atoms. The number of sulfonamides is 1. The Kier molecular flexibility index (Phi) is 6.18. The minimum atomic E-state index is -3.57. The molecular weight excluding hydrogens is 394 g/mol. The molecule has 0 radical (unpaired) electrons. The van der Waals surface area contributed by atoms with Gasteiger partial charge in [-0.2, -0.15) is 4.31 Å². The molecule has 1 fully saturated rings. The van der Waals surface area contributed by atoms with Crippen molar-refractivity contribution >= 4 is 33.4 Å². The van der Waals surface area contributed by atoms with Crippen LogP contribution < -0.4 is 5.32 Å². The fraction of sp³-hybridized carbons (Fsp3) is 0.450. The molecule has 1 N–H and O–H groups in total. The monoisotopic (exact) mass is 419 g/mol. The molecular formula is C20H25N3O5S. The molecule has 0 bridgehead atoms. The van der Waals surface area contributed by atoms with E-state index >= 15 is 0 Å². The van der Waals surface area contributed by atoms with E-state index in [4.69, 9.17) is 0 Å². The van der Waals surface area contributed by atoms with Gasteiger partial charge in [-0.1, -0.05) is 26.0 Å². The number of anilines is 1. The average molecular weight is 420 g/mol. The summed E-state index contributed by atoms with van der Waals surface area (Å²) in [5, 5.41) is 2.62. The maximum atomic E-state index is 12.5. The van der Waals surface area contributed by atoms with Gasteiger partial charge in [0.05, 0.1) is 16.7 Å². The van der Waals surface area contributed by atoms with Gasteiger partial charge in [0.2, 0.25) is 27.7 Å². The lowest BCUT2D eigenvalue weighted by atomic mass is 9.85. The highest BCUT2D eigenvalue weighted by molar-refractivity contribution is 7.89. The van der Waals surface area contributed by atoms with Crippen molar-refractivity contribution in [3.05, 3.63) is 36.4 Å². The number of benzene rings is 1. The Bertz CT molecular complexity index is 909. The molecule has 1 saturated heterocycles. The molecule has 3 rings (SSSR count). The summed E-state index contributed by atoms with van der Waals surface area (Å²) >= 11 is 0. The second kappa shape index (κ2) is 8.46. The third-order valence-electron chi connectivity index (χ3n) is 5.38. The highest BCUT2D eigenvalue weighted by atomic mass is 32.2. The number of amides is 3. The number of imide groups is 1. The lowest BCUT2D eigenvalue weighted by molar-refractivity contribution is -0.142. The molecule has 8 nitrogen and oxygen atoms in total. The molecule has 1 aromatic rings. The van der Waals surface area contributed by atoms with Crippen LogP contribution in [0.5, 0.6) is 0 Å². The Morgan fingerprint density at radius 3 is 2.03 bits per heavy atom. The minimum Gasteiger partial charge on any atom is -0.325 e. The first-order valence-electron chi connectivity index (χ1n) is 9.69. The first-order valence-corrected chi connectivity index (χ1v) is 11.1. The number of allylic oxidation sites excluding steroid dienone is 2. The normalized spacial score (nSPS) is 21.6. The SMILES string of the molecule is CCN(CC)S(=O)(=O)c1ccc(NC(=O)CN2C(=O)[C@@H]3CC=CC[C@H]3C2=O)cc1. The lowest BCUT2D eigenvalue weighted by Gasteiger charge is -2.18. The van der Waals surface area contributed by atoms with Gasteiger partial charge in [-0.25, -0.2) is 8.42 Å². The number of nitrogens with one attached hydrogen (secondary N) is 1. The van der Waals surface area contributed by atoms with Gasteiger partial charge >= 0.3 is 0 Å². The third-order valence-corrected chi connectivity index (χ3v) is 7.45. The average Bonchev–Trinajstić information content (AvgIpc) is 2.94. The largest absolute Gasteiger partial charge is 0.325 e. The van der Waals surface area contributed by atoms with Crippen LogP contribution in [0, 0.1) is 11.8 Å². The van der Waals surface area contributed by atoms with E-state index in [1.165, 1.54) is 28.6 Å².